The molecule has 6 heteroatoms. The molecule has 0 saturated carbocycles. The van der Waals surface area contributed by atoms with Gasteiger partial charge in [0.2, 0.25) is 0 Å². The maximum atomic E-state index is 14.9. The molecule has 3 aromatic carbocycles. The van der Waals surface area contributed by atoms with Gasteiger partial charge in [0.05, 0.1) is 41.5 Å². The number of benzene rings is 3. The fourth-order valence-corrected chi connectivity index (χ4v) is 5.40. The number of nitrogens with one attached hydrogen (secondary N) is 1. The van der Waals surface area contributed by atoms with Gasteiger partial charge in [-0.25, -0.2) is 9.37 Å². The monoisotopic (exact) mass is 521 g/mol. The van der Waals surface area contributed by atoms with Crippen LogP contribution >= 0.6 is 12.2 Å². The van der Waals surface area contributed by atoms with Crippen molar-refractivity contribution in [1.29, 1.82) is 0 Å². The summed E-state index contributed by atoms with van der Waals surface area (Å²) in [6.07, 6.45) is 7.12. The Labute approximate surface area is 227 Å². The summed E-state index contributed by atoms with van der Waals surface area (Å²) >= 11 is 5.49. The smallest absolute Gasteiger partial charge is 0.132 e. The van der Waals surface area contributed by atoms with Gasteiger partial charge in [-0.1, -0.05) is 60.8 Å². The molecule has 190 valence electrons. The number of hydrogen-bond donors (Lipinski definition) is 1. The highest BCUT2D eigenvalue weighted by molar-refractivity contribution is 7.80. The number of halogens is 1. The Hall–Kier alpha value is -3.87. The van der Waals surface area contributed by atoms with Crippen molar-refractivity contribution >= 4 is 50.6 Å². The Morgan fingerprint density at radius 3 is 2.61 bits per heavy atom. The van der Waals surface area contributed by atoms with Crippen molar-refractivity contribution in [3.63, 3.8) is 0 Å². The number of aromatic nitrogens is 1. The zero-order chi connectivity index (χ0) is 26.1. The van der Waals surface area contributed by atoms with Crippen LogP contribution in [0, 0.1) is 12.7 Å². The largest absolute Gasteiger partial charge is 0.378 e. The average molecular weight is 522 g/mol. The van der Waals surface area contributed by atoms with Crippen molar-refractivity contribution < 1.29 is 9.13 Å². The first kappa shape index (κ1) is 24.5. The van der Waals surface area contributed by atoms with E-state index in [1.807, 2.05) is 31.2 Å². The molecule has 0 radical (unpaired) electrons. The van der Waals surface area contributed by atoms with Crippen LogP contribution in [0.3, 0.4) is 0 Å². The third-order valence-electron chi connectivity index (χ3n) is 7.14. The minimum atomic E-state index is -0.285. The Balaban J connectivity index is 1.52. The predicted octanol–water partition coefficient (Wildman–Crippen LogP) is 7.64. The first-order chi connectivity index (χ1) is 18.6. The molecule has 6 rings (SSSR count). The third kappa shape index (κ3) is 4.73. The Morgan fingerprint density at radius 1 is 1.00 bits per heavy atom. The van der Waals surface area contributed by atoms with E-state index in [-0.39, 0.29) is 5.82 Å². The molecule has 1 aliphatic heterocycles. The molecular weight excluding hydrogens is 493 g/mol. The molecule has 0 bridgehead atoms. The van der Waals surface area contributed by atoms with Gasteiger partial charge in [-0.05, 0) is 60.0 Å². The Bertz CT molecular complexity index is 1600. The molecule has 4 nitrogen and oxygen atoms in total. The summed E-state index contributed by atoms with van der Waals surface area (Å²) in [7, 11) is 0. The third-order valence-corrected chi connectivity index (χ3v) is 7.42. The van der Waals surface area contributed by atoms with E-state index in [1.165, 1.54) is 6.07 Å². The lowest BCUT2D eigenvalue weighted by Crippen LogP contribution is -2.36. The van der Waals surface area contributed by atoms with E-state index in [0.717, 1.165) is 69.0 Å². The van der Waals surface area contributed by atoms with E-state index < -0.39 is 0 Å². The fourth-order valence-electron chi connectivity index (χ4n) is 5.18. The molecule has 1 saturated heterocycles. The first-order valence-electron chi connectivity index (χ1n) is 12.9. The van der Waals surface area contributed by atoms with Crippen LogP contribution in [0.1, 0.15) is 17.5 Å². The van der Waals surface area contributed by atoms with Crippen LogP contribution in [0.15, 0.2) is 85.0 Å². The minimum Gasteiger partial charge on any atom is -0.378 e. The maximum Gasteiger partial charge on any atom is 0.132 e. The number of hydrogen-bond acceptors (Lipinski definition) is 5. The molecule has 1 fully saturated rings. The molecule has 4 aromatic rings. The van der Waals surface area contributed by atoms with Gasteiger partial charge in [-0.3, -0.25) is 0 Å². The van der Waals surface area contributed by atoms with Crippen LogP contribution in [0.5, 0.6) is 0 Å². The molecular formula is C32H28FN3OS. The van der Waals surface area contributed by atoms with Crippen molar-refractivity contribution in [2.24, 2.45) is 0 Å². The fraction of sp³-hybridized carbons (Fsp3) is 0.188. The van der Waals surface area contributed by atoms with Crippen molar-refractivity contribution in [3.8, 4) is 11.3 Å². The number of ether oxygens (including phenoxy) is 1. The van der Waals surface area contributed by atoms with E-state index in [2.05, 4.69) is 52.7 Å². The summed E-state index contributed by atoms with van der Waals surface area (Å²) in [5.74, 6) is -0.285. The normalized spacial score (nSPS) is 15.6. The summed E-state index contributed by atoms with van der Waals surface area (Å²) in [6, 6.07) is 21.3. The molecule has 1 aromatic heterocycles. The van der Waals surface area contributed by atoms with E-state index >= 15 is 0 Å². The van der Waals surface area contributed by atoms with Crippen LogP contribution < -0.4 is 10.2 Å². The van der Waals surface area contributed by atoms with Gasteiger partial charge >= 0.3 is 0 Å². The number of para-hydroxylation sites is 1. The van der Waals surface area contributed by atoms with Crippen LogP contribution in [0.2, 0.25) is 0 Å². The number of anilines is 3. The molecule has 1 aliphatic carbocycles. The van der Waals surface area contributed by atoms with Crippen molar-refractivity contribution in [2.45, 2.75) is 13.3 Å². The summed E-state index contributed by atoms with van der Waals surface area (Å²) < 4.78 is 20.5. The zero-order valence-electron chi connectivity index (χ0n) is 21.2. The standard InChI is InChI=1S/C32H28FN3OS/c1-21-31(25-9-2-4-11-27(25)33)34-28-12-5-3-10-26(28)32(21)35-29-20-23(22-7-6-8-24(38)19-22)13-14-30(29)36-15-17-37-18-16-36/h2-7,9-14,19-20H,8,15-18H2,1H3,(H,34,35). The number of allylic oxidation sites excluding steroid dienone is 4. The van der Waals surface area contributed by atoms with Gasteiger partial charge in [0.25, 0.3) is 0 Å². The van der Waals surface area contributed by atoms with Crippen LogP contribution in [-0.2, 0) is 4.74 Å². The first-order valence-corrected chi connectivity index (χ1v) is 13.3. The van der Waals surface area contributed by atoms with Crippen LogP contribution in [0.25, 0.3) is 27.7 Å². The lowest BCUT2D eigenvalue weighted by atomic mass is 9.97. The van der Waals surface area contributed by atoms with E-state index in [1.54, 1.807) is 12.1 Å². The highest BCUT2D eigenvalue weighted by Crippen LogP contribution is 2.39. The number of fused-ring (bicyclic) bond motifs is 1. The highest BCUT2D eigenvalue weighted by Gasteiger charge is 2.20. The Morgan fingerprint density at radius 2 is 1.79 bits per heavy atom. The van der Waals surface area contributed by atoms with Crippen molar-refractivity contribution in [3.05, 3.63) is 102 Å². The highest BCUT2D eigenvalue weighted by atomic mass is 32.1. The second-order valence-electron chi connectivity index (χ2n) is 9.59. The molecule has 2 aliphatic rings. The SMILES string of the molecule is Cc1c(-c2ccccc2F)nc2ccccc2c1Nc1cc(C2=CC(=S)CC=C2)ccc1N1CCOCC1. The quantitative estimate of drug-likeness (QED) is 0.273. The van der Waals surface area contributed by atoms with Crippen LogP contribution in [-0.4, -0.2) is 36.2 Å². The second kappa shape index (κ2) is 10.5. The summed E-state index contributed by atoms with van der Waals surface area (Å²) in [5, 5.41) is 4.76. The van der Waals surface area contributed by atoms with Gasteiger partial charge in [-0.2, -0.15) is 0 Å². The molecule has 38 heavy (non-hydrogen) atoms. The summed E-state index contributed by atoms with van der Waals surface area (Å²) in [5.41, 5.74) is 8.03. The molecule has 0 unspecified atom stereocenters. The predicted molar refractivity (Wildman–Crippen MR) is 159 cm³/mol. The van der Waals surface area contributed by atoms with E-state index in [9.17, 15) is 4.39 Å². The molecule has 2 heterocycles. The molecule has 0 spiro atoms. The van der Waals surface area contributed by atoms with Gasteiger partial charge in [0.15, 0.2) is 0 Å². The number of rotatable bonds is 5. The van der Waals surface area contributed by atoms with Crippen molar-refractivity contribution in [2.75, 3.05) is 36.5 Å². The lowest BCUT2D eigenvalue weighted by Gasteiger charge is -2.31. The summed E-state index contributed by atoms with van der Waals surface area (Å²) in [4.78, 5) is 8.16. The minimum absolute atomic E-state index is 0.285. The number of morpholine rings is 1. The molecule has 0 amide bonds. The van der Waals surface area contributed by atoms with Gasteiger partial charge < -0.3 is 15.0 Å². The summed E-state index contributed by atoms with van der Waals surface area (Å²) in [6.45, 7) is 5.02. The van der Waals surface area contributed by atoms with Crippen LogP contribution in [0.4, 0.5) is 21.5 Å². The number of pyridine rings is 1. The second-order valence-corrected chi connectivity index (χ2v) is 10.1. The van der Waals surface area contributed by atoms with Crippen molar-refractivity contribution in [1.82, 2.24) is 4.98 Å². The van der Waals surface area contributed by atoms with E-state index in [0.29, 0.717) is 24.5 Å². The number of nitrogens with zero attached hydrogens (tertiary/aromatic N) is 2. The topological polar surface area (TPSA) is 37.4 Å². The maximum absolute atomic E-state index is 14.9. The Kier molecular flexibility index (Phi) is 6.75. The molecule has 0 atom stereocenters. The zero-order valence-corrected chi connectivity index (χ0v) is 22.0. The van der Waals surface area contributed by atoms with Gasteiger partial charge in [-0.15, -0.1) is 0 Å². The molecule has 1 N–H and O–H groups in total. The lowest BCUT2D eigenvalue weighted by molar-refractivity contribution is 0.123. The van der Waals surface area contributed by atoms with Gasteiger partial charge in [0.1, 0.15) is 5.82 Å². The number of thiocarbonyl (C=S) groups is 1. The average Bonchev–Trinajstić information content (AvgIpc) is 2.95. The van der Waals surface area contributed by atoms with E-state index in [4.69, 9.17) is 21.9 Å². The van der Waals surface area contributed by atoms with Gasteiger partial charge in [0, 0.05) is 35.3 Å².